The average Bonchev–Trinajstić information content (AvgIpc) is 2.91. The summed E-state index contributed by atoms with van der Waals surface area (Å²) in [6, 6.07) is 8.66. The van der Waals surface area contributed by atoms with Crippen LogP contribution < -0.4 is 5.32 Å². The van der Waals surface area contributed by atoms with Gasteiger partial charge in [-0.15, -0.1) is 12.4 Å². The Hall–Kier alpha value is -1.46. The van der Waals surface area contributed by atoms with E-state index in [4.69, 9.17) is 4.42 Å². The molecule has 1 N–H and O–H groups in total. The largest absolute Gasteiger partial charge is 0.460 e. The van der Waals surface area contributed by atoms with Gasteiger partial charge in [0, 0.05) is 5.56 Å². The molecule has 2 nitrogen and oxygen atoms in total. The summed E-state index contributed by atoms with van der Waals surface area (Å²) >= 11 is 0. The van der Waals surface area contributed by atoms with Crippen LogP contribution in [0.15, 0.2) is 40.8 Å². The lowest BCUT2D eigenvalue weighted by atomic mass is 10.1. The molecule has 6 heteroatoms. The highest BCUT2D eigenvalue weighted by Crippen LogP contribution is 2.32. The smallest absolute Gasteiger partial charge is 0.416 e. The van der Waals surface area contributed by atoms with Gasteiger partial charge in [-0.3, -0.25) is 0 Å². The van der Waals surface area contributed by atoms with Gasteiger partial charge in [-0.05, 0) is 43.1 Å². The van der Waals surface area contributed by atoms with Crippen LogP contribution in [0.2, 0.25) is 0 Å². The van der Waals surface area contributed by atoms with Crippen LogP contribution in [0.3, 0.4) is 0 Å². The van der Waals surface area contributed by atoms with Crippen molar-refractivity contribution >= 4 is 12.4 Å². The van der Waals surface area contributed by atoms with Crippen LogP contribution in [0, 0.1) is 5.92 Å². The Balaban J connectivity index is 0.00000264. The van der Waals surface area contributed by atoms with Gasteiger partial charge in [0.1, 0.15) is 11.5 Å². The zero-order chi connectivity index (χ0) is 16.2. The van der Waals surface area contributed by atoms with Gasteiger partial charge >= 0.3 is 6.18 Å². The standard InChI is InChI=1S/C17H20F3NO.ClH/c1-12(2)8-9-21-11-15-6-7-16(22-15)13-4-3-5-14(10-13)17(18,19)20;/h3-7,10,12,21H,8-9,11H2,1-2H3;1H. The number of halogens is 4. The molecule has 1 aromatic heterocycles. The molecule has 0 radical (unpaired) electrons. The Morgan fingerprint density at radius 2 is 1.87 bits per heavy atom. The minimum atomic E-state index is -4.34. The van der Waals surface area contributed by atoms with Gasteiger partial charge < -0.3 is 9.73 Å². The first-order chi connectivity index (χ1) is 10.4. The van der Waals surface area contributed by atoms with Crippen molar-refractivity contribution < 1.29 is 17.6 Å². The van der Waals surface area contributed by atoms with Gasteiger partial charge in [0.2, 0.25) is 0 Å². The molecule has 1 heterocycles. The van der Waals surface area contributed by atoms with E-state index in [0.717, 1.165) is 30.9 Å². The molecule has 23 heavy (non-hydrogen) atoms. The van der Waals surface area contributed by atoms with E-state index in [2.05, 4.69) is 19.2 Å². The van der Waals surface area contributed by atoms with Crippen LogP contribution in [-0.4, -0.2) is 6.54 Å². The van der Waals surface area contributed by atoms with Crippen molar-refractivity contribution in [2.45, 2.75) is 33.0 Å². The summed E-state index contributed by atoms with van der Waals surface area (Å²) in [6.07, 6.45) is -3.27. The van der Waals surface area contributed by atoms with Crippen molar-refractivity contribution in [3.05, 3.63) is 47.7 Å². The Morgan fingerprint density at radius 1 is 1.13 bits per heavy atom. The summed E-state index contributed by atoms with van der Waals surface area (Å²) in [5.74, 6) is 1.80. The van der Waals surface area contributed by atoms with Gasteiger partial charge in [0.15, 0.2) is 0 Å². The summed E-state index contributed by atoms with van der Waals surface area (Å²) in [7, 11) is 0. The highest BCUT2D eigenvalue weighted by atomic mass is 35.5. The molecule has 2 aromatic rings. The SMILES string of the molecule is CC(C)CCNCc1ccc(-c2cccc(C(F)(F)F)c2)o1.Cl. The lowest BCUT2D eigenvalue weighted by Crippen LogP contribution is -2.15. The number of furan rings is 1. The maximum absolute atomic E-state index is 12.7. The van der Waals surface area contributed by atoms with Gasteiger partial charge in [-0.1, -0.05) is 26.0 Å². The highest BCUT2D eigenvalue weighted by Gasteiger charge is 2.30. The maximum atomic E-state index is 12.7. The quantitative estimate of drug-likeness (QED) is 0.696. The molecule has 128 valence electrons. The Kier molecular flexibility index (Phi) is 7.16. The number of rotatable bonds is 6. The van der Waals surface area contributed by atoms with Crippen LogP contribution in [0.5, 0.6) is 0 Å². The van der Waals surface area contributed by atoms with Crippen LogP contribution in [0.25, 0.3) is 11.3 Å². The third kappa shape index (κ3) is 5.92. The second-order valence-corrected chi connectivity index (χ2v) is 5.70. The van der Waals surface area contributed by atoms with Gasteiger partial charge in [0.25, 0.3) is 0 Å². The highest BCUT2D eigenvalue weighted by molar-refractivity contribution is 5.85. The normalized spacial score (nSPS) is 11.6. The molecule has 0 spiro atoms. The minimum absolute atomic E-state index is 0. The van der Waals surface area contributed by atoms with Crippen molar-refractivity contribution in [2.75, 3.05) is 6.54 Å². The van der Waals surface area contributed by atoms with Gasteiger partial charge in [-0.2, -0.15) is 13.2 Å². The van der Waals surface area contributed by atoms with E-state index >= 15 is 0 Å². The molecular weight excluding hydrogens is 327 g/mol. The summed E-state index contributed by atoms with van der Waals surface area (Å²) in [5.41, 5.74) is -0.235. The molecule has 0 bridgehead atoms. The number of nitrogens with one attached hydrogen (secondary N) is 1. The van der Waals surface area contributed by atoms with E-state index in [1.54, 1.807) is 18.2 Å². The van der Waals surface area contributed by atoms with Crippen molar-refractivity contribution in [1.29, 1.82) is 0 Å². The third-order valence-corrected chi connectivity index (χ3v) is 3.33. The minimum Gasteiger partial charge on any atom is -0.460 e. The van der Waals surface area contributed by atoms with E-state index in [9.17, 15) is 13.2 Å². The van der Waals surface area contributed by atoms with Crippen molar-refractivity contribution in [3.8, 4) is 11.3 Å². The molecule has 0 atom stereocenters. The van der Waals surface area contributed by atoms with Crippen LogP contribution in [0.1, 0.15) is 31.6 Å². The summed E-state index contributed by atoms with van der Waals surface area (Å²) in [4.78, 5) is 0. The first-order valence-electron chi connectivity index (χ1n) is 7.33. The van der Waals surface area contributed by atoms with Crippen LogP contribution in [-0.2, 0) is 12.7 Å². The maximum Gasteiger partial charge on any atom is 0.416 e. The topological polar surface area (TPSA) is 25.2 Å². The Labute approximate surface area is 140 Å². The van der Waals surface area contributed by atoms with E-state index in [1.807, 2.05) is 0 Å². The number of hydrogen-bond acceptors (Lipinski definition) is 2. The summed E-state index contributed by atoms with van der Waals surface area (Å²) in [5, 5.41) is 3.26. The van der Waals surface area contributed by atoms with Crippen LogP contribution in [0.4, 0.5) is 13.2 Å². The molecule has 0 unspecified atom stereocenters. The van der Waals surface area contributed by atoms with E-state index in [1.165, 1.54) is 6.07 Å². The lowest BCUT2D eigenvalue weighted by molar-refractivity contribution is -0.137. The fourth-order valence-corrected chi connectivity index (χ4v) is 2.08. The predicted molar refractivity (Wildman–Crippen MR) is 87.6 cm³/mol. The molecule has 1 aromatic carbocycles. The molecule has 0 saturated carbocycles. The van der Waals surface area contributed by atoms with Crippen LogP contribution >= 0.6 is 12.4 Å². The first-order valence-corrected chi connectivity index (χ1v) is 7.33. The molecule has 0 aliphatic heterocycles. The molecule has 0 amide bonds. The Bertz CT molecular complexity index is 608. The second kappa shape index (κ2) is 8.41. The molecule has 2 rings (SSSR count). The average molecular weight is 348 g/mol. The second-order valence-electron chi connectivity index (χ2n) is 5.70. The van der Waals surface area contributed by atoms with E-state index < -0.39 is 11.7 Å². The third-order valence-electron chi connectivity index (χ3n) is 3.33. The van der Waals surface area contributed by atoms with Gasteiger partial charge in [0.05, 0.1) is 12.1 Å². The molecule has 0 aliphatic carbocycles. The van der Waals surface area contributed by atoms with Crippen molar-refractivity contribution in [3.63, 3.8) is 0 Å². The first kappa shape index (κ1) is 19.6. The zero-order valence-electron chi connectivity index (χ0n) is 13.1. The molecular formula is C17H21ClF3NO. The monoisotopic (exact) mass is 347 g/mol. The fraction of sp³-hybridized carbons (Fsp3) is 0.412. The number of hydrogen-bond donors (Lipinski definition) is 1. The van der Waals surface area contributed by atoms with E-state index in [0.29, 0.717) is 23.8 Å². The van der Waals surface area contributed by atoms with Crippen molar-refractivity contribution in [2.24, 2.45) is 5.92 Å². The summed E-state index contributed by atoms with van der Waals surface area (Å²) < 4.78 is 43.8. The lowest BCUT2D eigenvalue weighted by Gasteiger charge is -2.07. The number of alkyl halides is 3. The van der Waals surface area contributed by atoms with Crippen molar-refractivity contribution in [1.82, 2.24) is 5.32 Å². The molecule has 0 saturated heterocycles. The predicted octanol–water partition coefficient (Wildman–Crippen LogP) is 5.52. The Morgan fingerprint density at radius 3 is 2.52 bits per heavy atom. The fourth-order valence-electron chi connectivity index (χ4n) is 2.08. The zero-order valence-corrected chi connectivity index (χ0v) is 13.9. The molecule has 0 fully saturated rings. The summed E-state index contributed by atoms with van der Waals surface area (Å²) in [6.45, 7) is 5.77. The van der Waals surface area contributed by atoms with Gasteiger partial charge in [-0.25, -0.2) is 0 Å². The number of benzene rings is 1. The molecule has 0 aliphatic rings. The van der Waals surface area contributed by atoms with E-state index in [-0.39, 0.29) is 12.4 Å².